The van der Waals surface area contributed by atoms with Gasteiger partial charge in [-0.05, 0) is 51.0 Å². The van der Waals surface area contributed by atoms with Crippen molar-refractivity contribution in [2.45, 2.75) is 46.3 Å². The van der Waals surface area contributed by atoms with E-state index in [9.17, 15) is 28.1 Å². The van der Waals surface area contributed by atoms with Crippen molar-refractivity contribution in [3.8, 4) is 5.75 Å². The molecule has 0 bridgehead atoms. The quantitative estimate of drug-likeness (QED) is 0.355. The molecule has 0 spiro atoms. The number of nitrogens with zero attached hydrogens (tertiary/aromatic N) is 3. The molecule has 0 aromatic heterocycles. The molecule has 0 fully saturated rings. The second kappa shape index (κ2) is 11.8. The summed E-state index contributed by atoms with van der Waals surface area (Å²) in [5, 5.41) is 14.0. The van der Waals surface area contributed by atoms with Crippen LogP contribution in [0.2, 0.25) is 0 Å². The van der Waals surface area contributed by atoms with Gasteiger partial charge in [-0.1, -0.05) is 18.2 Å². The number of sulfonamides is 1. The average molecular weight is 521 g/mol. The Morgan fingerprint density at radius 1 is 1.14 bits per heavy atom. The summed E-state index contributed by atoms with van der Waals surface area (Å²) in [6.45, 7) is 6.08. The number of non-ortho nitro benzene ring substituents is 1. The minimum Gasteiger partial charge on any atom is -0.497 e. The highest BCUT2D eigenvalue weighted by Gasteiger charge is 2.31. The van der Waals surface area contributed by atoms with E-state index < -0.39 is 39.3 Å². The topological polar surface area (TPSA) is 139 Å². The first-order valence-corrected chi connectivity index (χ1v) is 13.0. The van der Waals surface area contributed by atoms with Gasteiger partial charge in [-0.15, -0.1) is 0 Å². The van der Waals surface area contributed by atoms with Gasteiger partial charge in [0.2, 0.25) is 21.8 Å². The third-order valence-electron chi connectivity index (χ3n) is 5.44. The fourth-order valence-electron chi connectivity index (χ4n) is 3.53. The van der Waals surface area contributed by atoms with Crippen LogP contribution in [0.3, 0.4) is 0 Å². The molecule has 2 amide bonds. The number of benzene rings is 2. The number of methoxy groups -OCH3 is 1. The third kappa shape index (κ3) is 7.41. The van der Waals surface area contributed by atoms with Gasteiger partial charge in [0, 0.05) is 24.7 Å². The number of aryl methyl sites for hydroxylation is 1. The van der Waals surface area contributed by atoms with Crippen LogP contribution in [0.1, 0.15) is 31.9 Å². The molecule has 1 N–H and O–H groups in total. The van der Waals surface area contributed by atoms with Crippen LogP contribution < -0.4 is 14.4 Å². The molecule has 0 saturated carbocycles. The Bertz CT molecular complexity index is 1230. The average Bonchev–Trinajstić information content (AvgIpc) is 2.79. The summed E-state index contributed by atoms with van der Waals surface area (Å²) in [5.41, 5.74) is 0.809. The number of rotatable bonds is 11. The van der Waals surface area contributed by atoms with Crippen LogP contribution in [0.15, 0.2) is 42.5 Å². The summed E-state index contributed by atoms with van der Waals surface area (Å²) in [6.07, 6.45) is 0.917. The molecular weight excluding hydrogens is 488 g/mol. The zero-order valence-corrected chi connectivity index (χ0v) is 22.0. The number of hydrogen-bond donors (Lipinski definition) is 1. The summed E-state index contributed by atoms with van der Waals surface area (Å²) >= 11 is 0. The number of hydrogen-bond acceptors (Lipinski definition) is 7. The predicted molar refractivity (Wildman–Crippen MR) is 136 cm³/mol. The Hall–Kier alpha value is -3.67. The van der Waals surface area contributed by atoms with Crippen molar-refractivity contribution in [2.24, 2.45) is 0 Å². The summed E-state index contributed by atoms with van der Waals surface area (Å²) in [5.74, 6) is -0.497. The van der Waals surface area contributed by atoms with E-state index in [4.69, 9.17) is 4.74 Å². The number of nitro benzene ring substituents is 1. The van der Waals surface area contributed by atoms with E-state index in [-0.39, 0.29) is 24.0 Å². The Kier molecular flexibility index (Phi) is 9.40. The molecule has 11 nitrogen and oxygen atoms in total. The first-order valence-electron chi connectivity index (χ1n) is 11.2. The standard InChI is InChI=1S/C24H32N4O7S/c1-16(2)25-24(30)18(4)26(14-19-8-7-9-21(12-19)35-5)23(29)15-27(36(6,33)34)22-13-20(28(31)32)11-10-17(22)3/h7-13,16,18H,14-15H2,1-6H3,(H,25,30)/t18-/m1/s1. The van der Waals surface area contributed by atoms with Crippen molar-refractivity contribution >= 4 is 33.2 Å². The van der Waals surface area contributed by atoms with E-state index in [0.717, 1.165) is 16.6 Å². The highest BCUT2D eigenvalue weighted by Crippen LogP contribution is 2.28. The largest absolute Gasteiger partial charge is 0.497 e. The lowest BCUT2D eigenvalue weighted by atomic mass is 10.1. The number of nitro groups is 1. The molecule has 0 radical (unpaired) electrons. The Morgan fingerprint density at radius 3 is 2.36 bits per heavy atom. The van der Waals surface area contributed by atoms with Gasteiger partial charge in [0.05, 0.1) is 24.0 Å². The molecule has 196 valence electrons. The number of nitrogens with one attached hydrogen (secondary N) is 1. The van der Waals surface area contributed by atoms with Crippen molar-refractivity contribution in [1.82, 2.24) is 10.2 Å². The first kappa shape index (κ1) is 28.6. The lowest BCUT2D eigenvalue weighted by Crippen LogP contribution is -2.52. The third-order valence-corrected chi connectivity index (χ3v) is 6.56. The van der Waals surface area contributed by atoms with Crippen LogP contribution in [0.4, 0.5) is 11.4 Å². The maximum atomic E-state index is 13.6. The molecular formula is C24H32N4O7S. The normalized spacial score (nSPS) is 12.1. The predicted octanol–water partition coefficient (Wildman–Crippen LogP) is 2.62. The lowest BCUT2D eigenvalue weighted by Gasteiger charge is -2.32. The number of amides is 2. The molecule has 0 aliphatic heterocycles. The highest BCUT2D eigenvalue weighted by atomic mass is 32.2. The minimum atomic E-state index is -4.02. The molecule has 0 heterocycles. The van der Waals surface area contributed by atoms with Gasteiger partial charge in [0.1, 0.15) is 18.3 Å². The van der Waals surface area contributed by atoms with Crippen molar-refractivity contribution < 1.29 is 27.7 Å². The maximum Gasteiger partial charge on any atom is 0.271 e. The summed E-state index contributed by atoms with van der Waals surface area (Å²) in [4.78, 5) is 38.3. The van der Waals surface area contributed by atoms with Gasteiger partial charge in [-0.3, -0.25) is 24.0 Å². The smallest absolute Gasteiger partial charge is 0.271 e. The van der Waals surface area contributed by atoms with Crippen molar-refractivity contribution in [3.63, 3.8) is 0 Å². The van der Waals surface area contributed by atoms with Crippen LogP contribution >= 0.6 is 0 Å². The SMILES string of the molecule is COc1cccc(CN(C(=O)CN(c2cc([N+](=O)[O-])ccc2C)S(C)(=O)=O)[C@H](C)C(=O)NC(C)C)c1. The van der Waals surface area contributed by atoms with Gasteiger partial charge >= 0.3 is 0 Å². The first-order chi connectivity index (χ1) is 16.7. The van der Waals surface area contributed by atoms with E-state index in [0.29, 0.717) is 16.9 Å². The van der Waals surface area contributed by atoms with E-state index in [1.807, 2.05) is 0 Å². The van der Waals surface area contributed by atoms with Crippen molar-refractivity contribution in [3.05, 3.63) is 63.7 Å². The molecule has 2 aromatic rings. The molecule has 0 aliphatic carbocycles. The van der Waals surface area contributed by atoms with Crippen LogP contribution in [0.5, 0.6) is 5.75 Å². The molecule has 2 rings (SSSR count). The summed E-state index contributed by atoms with van der Waals surface area (Å²) in [6, 6.07) is 9.64. The van der Waals surface area contributed by atoms with E-state index in [1.165, 1.54) is 24.1 Å². The van der Waals surface area contributed by atoms with Gasteiger partial charge in [-0.2, -0.15) is 0 Å². The zero-order valence-electron chi connectivity index (χ0n) is 21.2. The van der Waals surface area contributed by atoms with Crippen molar-refractivity contribution in [2.75, 3.05) is 24.2 Å². The zero-order chi connectivity index (χ0) is 27.2. The van der Waals surface area contributed by atoms with E-state index in [2.05, 4.69) is 5.32 Å². The van der Waals surface area contributed by atoms with Gasteiger partial charge in [-0.25, -0.2) is 8.42 Å². The molecule has 0 aliphatic rings. The molecule has 1 atom stereocenters. The minimum absolute atomic E-state index is 0.00817. The Balaban J connectivity index is 2.49. The number of ether oxygens (including phenoxy) is 1. The maximum absolute atomic E-state index is 13.6. The van der Waals surface area contributed by atoms with Crippen LogP contribution in [-0.2, 0) is 26.2 Å². The second-order valence-electron chi connectivity index (χ2n) is 8.71. The number of carbonyl (C=O) groups is 2. The molecule has 0 saturated heterocycles. The number of carbonyl (C=O) groups excluding carboxylic acids is 2. The summed E-state index contributed by atoms with van der Waals surface area (Å²) in [7, 11) is -2.51. The van der Waals surface area contributed by atoms with Crippen LogP contribution in [-0.4, -0.2) is 62.0 Å². The lowest BCUT2D eigenvalue weighted by molar-refractivity contribution is -0.384. The summed E-state index contributed by atoms with van der Waals surface area (Å²) < 4.78 is 31.5. The van der Waals surface area contributed by atoms with E-state index >= 15 is 0 Å². The van der Waals surface area contributed by atoms with E-state index in [1.54, 1.807) is 52.0 Å². The number of anilines is 1. The highest BCUT2D eigenvalue weighted by molar-refractivity contribution is 7.92. The molecule has 12 heteroatoms. The fourth-order valence-corrected chi connectivity index (χ4v) is 4.43. The van der Waals surface area contributed by atoms with Gasteiger partial charge < -0.3 is 15.0 Å². The Labute approximate surface area is 211 Å². The molecule has 0 unspecified atom stereocenters. The molecule has 36 heavy (non-hydrogen) atoms. The molecule has 2 aromatic carbocycles. The van der Waals surface area contributed by atoms with Crippen molar-refractivity contribution in [1.29, 1.82) is 0 Å². The van der Waals surface area contributed by atoms with Crippen LogP contribution in [0.25, 0.3) is 0 Å². The second-order valence-corrected chi connectivity index (χ2v) is 10.6. The van der Waals surface area contributed by atoms with Gasteiger partial charge in [0.25, 0.3) is 5.69 Å². The Morgan fingerprint density at radius 2 is 1.81 bits per heavy atom. The van der Waals surface area contributed by atoms with Crippen LogP contribution in [0, 0.1) is 17.0 Å². The monoisotopic (exact) mass is 520 g/mol. The fraction of sp³-hybridized carbons (Fsp3) is 0.417. The van der Waals surface area contributed by atoms with Gasteiger partial charge in [0.15, 0.2) is 0 Å².